The van der Waals surface area contributed by atoms with Crippen LogP contribution in [0.3, 0.4) is 0 Å². The highest BCUT2D eigenvalue weighted by Gasteiger charge is 2.22. The molecular weight excluding hydrogens is 258 g/mol. The van der Waals surface area contributed by atoms with Crippen molar-refractivity contribution in [1.29, 1.82) is 0 Å². The summed E-state index contributed by atoms with van der Waals surface area (Å²) in [6, 6.07) is 6.90. The minimum atomic E-state index is -0.870. The topological polar surface area (TPSA) is 75.6 Å². The highest BCUT2D eigenvalue weighted by molar-refractivity contribution is 5.76. The molecular formula is C15H21NO4. The summed E-state index contributed by atoms with van der Waals surface area (Å²) in [5.41, 5.74) is 1.63. The number of ether oxygens (including phenoxy) is 1. The zero-order valence-electron chi connectivity index (χ0n) is 12.1. The second-order valence-corrected chi connectivity index (χ2v) is 4.96. The molecule has 20 heavy (non-hydrogen) atoms. The van der Waals surface area contributed by atoms with Crippen molar-refractivity contribution in [3.63, 3.8) is 0 Å². The van der Waals surface area contributed by atoms with Gasteiger partial charge in [0.25, 0.3) is 0 Å². The lowest BCUT2D eigenvalue weighted by molar-refractivity contribution is -0.144. The number of aliphatic carboxylic acids is 1. The van der Waals surface area contributed by atoms with E-state index in [1.807, 2.05) is 32.0 Å². The number of rotatable bonds is 7. The van der Waals surface area contributed by atoms with E-state index in [9.17, 15) is 9.59 Å². The first-order valence-corrected chi connectivity index (χ1v) is 6.55. The van der Waals surface area contributed by atoms with Crippen molar-refractivity contribution >= 4 is 11.9 Å². The number of hydrogen-bond donors (Lipinski definition) is 2. The lowest BCUT2D eigenvalue weighted by atomic mass is 10.0. The van der Waals surface area contributed by atoms with E-state index < -0.39 is 12.0 Å². The quantitative estimate of drug-likeness (QED) is 0.741. The van der Waals surface area contributed by atoms with Crippen LogP contribution in [-0.2, 0) is 27.3 Å². The van der Waals surface area contributed by atoms with Gasteiger partial charge in [-0.2, -0.15) is 0 Å². The van der Waals surface area contributed by atoms with Crippen molar-refractivity contribution in [3.8, 4) is 0 Å². The number of carboxylic acids is 1. The summed E-state index contributed by atoms with van der Waals surface area (Å²) in [5, 5.41) is 12.0. The van der Waals surface area contributed by atoms with E-state index in [0.717, 1.165) is 11.1 Å². The van der Waals surface area contributed by atoms with Crippen LogP contribution in [0.25, 0.3) is 0 Å². The summed E-state index contributed by atoms with van der Waals surface area (Å²) in [4.78, 5) is 22.5. The number of benzene rings is 1. The van der Waals surface area contributed by atoms with Gasteiger partial charge in [0.15, 0.2) is 0 Å². The maximum absolute atomic E-state index is 11.7. The van der Waals surface area contributed by atoms with Gasteiger partial charge in [-0.15, -0.1) is 0 Å². The van der Waals surface area contributed by atoms with Gasteiger partial charge >= 0.3 is 11.9 Å². The molecule has 0 saturated heterocycles. The zero-order chi connectivity index (χ0) is 15.1. The van der Waals surface area contributed by atoms with Crippen molar-refractivity contribution in [2.45, 2.75) is 32.9 Å². The minimum absolute atomic E-state index is 0.0254. The molecule has 0 spiro atoms. The molecule has 0 saturated carbocycles. The Kier molecular flexibility index (Phi) is 6.18. The van der Waals surface area contributed by atoms with Crippen molar-refractivity contribution in [2.75, 3.05) is 7.11 Å². The molecule has 0 aromatic heterocycles. The fraction of sp³-hybridized carbons (Fsp3) is 0.467. The Morgan fingerprint density at radius 2 is 1.85 bits per heavy atom. The van der Waals surface area contributed by atoms with Crippen LogP contribution in [0, 0.1) is 5.92 Å². The van der Waals surface area contributed by atoms with Gasteiger partial charge < -0.3 is 15.2 Å². The van der Waals surface area contributed by atoms with E-state index >= 15 is 0 Å². The van der Waals surface area contributed by atoms with Crippen molar-refractivity contribution < 1.29 is 19.4 Å². The van der Waals surface area contributed by atoms with Crippen LogP contribution < -0.4 is 5.32 Å². The second-order valence-electron chi connectivity index (χ2n) is 4.96. The average Bonchev–Trinajstić information content (AvgIpc) is 2.39. The van der Waals surface area contributed by atoms with Gasteiger partial charge in [0, 0.05) is 6.54 Å². The molecule has 1 rings (SSSR count). The molecule has 0 heterocycles. The molecule has 110 valence electrons. The van der Waals surface area contributed by atoms with Crippen LogP contribution in [0.5, 0.6) is 0 Å². The molecule has 1 aromatic rings. The highest BCUT2D eigenvalue weighted by atomic mass is 16.5. The van der Waals surface area contributed by atoms with Crippen LogP contribution in [0.15, 0.2) is 24.3 Å². The summed E-state index contributed by atoms with van der Waals surface area (Å²) < 4.78 is 4.76. The number of nitrogens with one attached hydrogen (secondary N) is 1. The maximum atomic E-state index is 11.7. The molecule has 0 fully saturated rings. The number of esters is 1. The second kappa shape index (κ2) is 7.65. The predicted molar refractivity (Wildman–Crippen MR) is 75.3 cm³/mol. The fourth-order valence-electron chi connectivity index (χ4n) is 2.00. The Bertz CT molecular complexity index is 471. The van der Waals surface area contributed by atoms with Crippen molar-refractivity contribution in [3.05, 3.63) is 35.4 Å². The van der Waals surface area contributed by atoms with E-state index in [1.54, 1.807) is 6.07 Å². The van der Waals surface area contributed by atoms with E-state index in [1.165, 1.54) is 7.11 Å². The normalized spacial score (nSPS) is 12.2. The van der Waals surface area contributed by atoms with Gasteiger partial charge in [0.2, 0.25) is 0 Å². The SMILES string of the molecule is COC(=O)C(NCc1ccccc1CC(=O)O)C(C)C. The van der Waals surface area contributed by atoms with Crippen LogP contribution in [0.4, 0.5) is 0 Å². The smallest absolute Gasteiger partial charge is 0.323 e. The predicted octanol–water partition coefficient (Wildman–Crippen LogP) is 1.60. The Morgan fingerprint density at radius 3 is 2.35 bits per heavy atom. The third-order valence-electron chi connectivity index (χ3n) is 3.09. The number of hydrogen-bond acceptors (Lipinski definition) is 4. The molecule has 2 N–H and O–H groups in total. The van der Waals surface area contributed by atoms with E-state index in [-0.39, 0.29) is 18.3 Å². The number of carboxylic acid groups (broad SMARTS) is 1. The summed E-state index contributed by atoms with van der Waals surface area (Å²) in [7, 11) is 1.36. The van der Waals surface area contributed by atoms with Crippen molar-refractivity contribution in [2.24, 2.45) is 5.92 Å². The Morgan fingerprint density at radius 1 is 1.25 bits per heavy atom. The van der Waals surface area contributed by atoms with E-state index in [0.29, 0.717) is 6.54 Å². The first-order valence-electron chi connectivity index (χ1n) is 6.55. The standard InChI is InChI=1S/C15H21NO4/c1-10(2)14(15(19)20-3)16-9-12-7-5-4-6-11(12)8-13(17)18/h4-7,10,14,16H,8-9H2,1-3H3,(H,17,18). The molecule has 0 radical (unpaired) electrons. The van der Waals surface area contributed by atoms with Gasteiger partial charge in [-0.25, -0.2) is 0 Å². The average molecular weight is 279 g/mol. The number of methoxy groups -OCH3 is 1. The van der Waals surface area contributed by atoms with Gasteiger partial charge in [-0.1, -0.05) is 38.1 Å². The molecule has 5 heteroatoms. The first kappa shape index (κ1) is 16.2. The largest absolute Gasteiger partial charge is 0.481 e. The van der Waals surface area contributed by atoms with Gasteiger partial charge in [-0.05, 0) is 17.0 Å². The summed E-state index contributed by atoms with van der Waals surface area (Å²) in [6.45, 7) is 4.29. The van der Waals surface area contributed by atoms with E-state index in [4.69, 9.17) is 9.84 Å². The summed E-state index contributed by atoms with van der Waals surface area (Å²) in [5.74, 6) is -1.09. The van der Waals surface area contributed by atoms with Crippen LogP contribution in [-0.4, -0.2) is 30.2 Å². The molecule has 1 atom stereocenters. The molecule has 5 nitrogen and oxygen atoms in total. The monoisotopic (exact) mass is 279 g/mol. The third kappa shape index (κ3) is 4.66. The third-order valence-corrected chi connectivity index (χ3v) is 3.09. The summed E-state index contributed by atoms with van der Waals surface area (Å²) >= 11 is 0. The Balaban J connectivity index is 2.77. The molecule has 0 amide bonds. The Labute approximate surface area is 118 Å². The first-order chi connectivity index (χ1) is 9.45. The molecule has 1 aromatic carbocycles. The fourth-order valence-corrected chi connectivity index (χ4v) is 2.00. The minimum Gasteiger partial charge on any atom is -0.481 e. The zero-order valence-corrected chi connectivity index (χ0v) is 12.1. The van der Waals surface area contributed by atoms with Crippen LogP contribution in [0.2, 0.25) is 0 Å². The number of carbonyl (C=O) groups excluding carboxylic acids is 1. The molecule has 0 aliphatic heterocycles. The van der Waals surface area contributed by atoms with Crippen LogP contribution >= 0.6 is 0 Å². The molecule has 0 bridgehead atoms. The van der Waals surface area contributed by atoms with Gasteiger partial charge in [0.05, 0.1) is 13.5 Å². The number of carbonyl (C=O) groups is 2. The lowest BCUT2D eigenvalue weighted by Gasteiger charge is -2.20. The molecule has 0 aliphatic rings. The molecule has 0 aliphatic carbocycles. The van der Waals surface area contributed by atoms with Gasteiger partial charge in [-0.3, -0.25) is 9.59 Å². The van der Waals surface area contributed by atoms with Gasteiger partial charge in [0.1, 0.15) is 6.04 Å². The summed E-state index contributed by atoms with van der Waals surface area (Å²) in [6.07, 6.45) is -0.0254. The lowest BCUT2D eigenvalue weighted by Crippen LogP contribution is -2.41. The van der Waals surface area contributed by atoms with E-state index in [2.05, 4.69) is 5.32 Å². The molecule has 1 unspecified atom stereocenters. The van der Waals surface area contributed by atoms with Crippen LogP contribution in [0.1, 0.15) is 25.0 Å². The Hall–Kier alpha value is -1.88. The van der Waals surface area contributed by atoms with Crippen molar-refractivity contribution in [1.82, 2.24) is 5.32 Å². The maximum Gasteiger partial charge on any atom is 0.323 e. The highest BCUT2D eigenvalue weighted by Crippen LogP contribution is 2.11.